The molecular formula is C20H21N3O3S. The number of nitrogens with one attached hydrogen (secondary N) is 2. The van der Waals surface area contributed by atoms with Crippen molar-refractivity contribution in [2.45, 2.75) is 24.9 Å². The zero-order chi connectivity index (χ0) is 19.3. The Morgan fingerprint density at radius 2 is 1.70 bits per heavy atom. The molecule has 140 valence electrons. The van der Waals surface area contributed by atoms with Crippen LogP contribution in [0.1, 0.15) is 22.5 Å². The Morgan fingerprint density at radius 1 is 1.00 bits per heavy atom. The fourth-order valence-corrected chi connectivity index (χ4v) is 4.30. The summed E-state index contributed by atoms with van der Waals surface area (Å²) in [4.78, 5) is 12.1. The van der Waals surface area contributed by atoms with E-state index in [-0.39, 0.29) is 23.8 Å². The third kappa shape index (κ3) is 5.79. The molecule has 0 atom stereocenters. The Balaban J connectivity index is 1.63. The molecule has 0 unspecified atom stereocenters. The van der Waals surface area contributed by atoms with Gasteiger partial charge in [0.05, 0.1) is 23.6 Å². The fraction of sp³-hybridized carbons (Fsp3) is 0.200. The Hall–Kier alpha value is -2.93. The number of anilines is 1. The van der Waals surface area contributed by atoms with Gasteiger partial charge in [0.2, 0.25) is 5.91 Å². The van der Waals surface area contributed by atoms with Crippen molar-refractivity contribution in [1.29, 1.82) is 0 Å². The third-order valence-corrected chi connectivity index (χ3v) is 5.47. The Bertz CT molecular complexity index is 1030. The summed E-state index contributed by atoms with van der Waals surface area (Å²) >= 11 is 0. The van der Waals surface area contributed by atoms with Crippen molar-refractivity contribution in [2.24, 2.45) is 0 Å². The number of aromatic amines is 1. The highest BCUT2D eigenvalue weighted by atomic mass is 32.2. The van der Waals surface area contributed by atoms with Crippen molar-refractivity contribution in [3.63, 3.8) is 0 Å². The van der Waals surface area contributed by atoms with Gasteiger partial charge in [-0.1, -0.05) is 42.5 Å². The van der Waals surface area contributed by atoms with E-state index in [2.05, 4.69) is 15.5 Å². The first-order chi connectivity index (χ1) is 12.9. The minimum Gasteiger partial charge on any atom is -0.326 e. The Morgan fingerprint density at radius 3 is 2.41 bits per heavy atom. The molecule has 0 radical (unpaired) electrons. The molecule has 0 aliphatic carbocycles. The van der Waals surface area contributed by atoms with Gasteiger partial charge < -0.3 is 5.32 Å². The van der Waals surface area contributed by atoms with E-state index >= 15 is 0 Å². The van der Waals surface area contributed by atoms with Crippen LogP contribution in [-0.4, -0.2) is 24.5 Å². The monoisotopic (exact) mass is 383 g/mol. The Kier molecular flexibility index (Phi) is 5.71. The molecule has 0 aliphatic rings. The van der Waals surface area contributed by atoms with Gasteiger partial charge in [-0.3, -0.25) is 9.89 Å². The van der Waals surface area contributed by atoms with Gasteiger partial charge in [0.15, 0.2) is 9.84 Å². The Labute approximate surface area is 158 Å². The molecule has 0 saturated heterocycles. The third-order valence-electron chi connectivity index (χ3n) is 3.93. The molecule has 0 aliphatic heterocycles. The molecule has 0 spiro atoms. The van der Waals surface area contributed by atoms with Crippen LogP contribution in [0.3, 0.4) is 0 Å². The number of sulfone groups is 1. The number of carbonyl (C=O) groups excluding carboxylic acids is 1. The molecule has 1 heterocycles. The van der Waals surface area contributed by atoms with Crippen LogP contribution in [0.5, 0.6) is 0 Å². The normalized spacial score (nSPS) is 11.3. The van der Waals surface area contributed by atoms with Crippen molar-refractivity contribution >= 4 is 21.4 Å². The average Bonchev–Trinajstić information content (AvgIpc) is 2.99. The minimum atomic E-state index is -3.31. The number of carbonyl (C=O) groups is 1. The maximum absolute atomic E-state index is 12.4. The van der Waals surface area contributed by atoms with E-state index in [1.54, 1.807) is 36.4 Å². The van der Waals surface area contributed by atoms with E-state index in [4.69, 9.17) is 0 Å². The first-order valence-corrected chi connectivity index (χ1v) is 10.4. The minimum absolute atomic E-state index is 0.0110. The number of amides is 1. The van der Waals surface area contributed by atoms with Crippen LogP contribution < -0.4 is 5.32 Å². The first kappa shape index (κ1) is 18.8. The second-order valence-corrected chi connectivity index (χ2v) is 8.55. The summed E-state index contributed by atoms with van der Waals surface area (Å²) in [7, 11) is -3.31. The maximum Gasteiger partial charge on any atom is 0.230 e. The molecule has 1 amide bonds. The largest absolute Gasteiger partial charge is 0.326 e. The number of nitrogens with zero attached hydrogens (tertiary/aromatic N) is 1. The molecule has 1 aromatic heterocycles. The van der Waals surface area contributed by atoms with Gasteiger partial charge in [-0.2, -0.15) is 5.10 Å². The molecule has 7 heteroatoms. The molecule has 2 N–H and O–H groups in total. The van der Waals surface area contributed by atoms with Crippen LogP contribution in [-0.2, 0) is 32.6 Å². The van der Waals surface area contributed by atoms with Crippen molar-refractivity contribution in [3.8, 4) is 0 Å². The topological polar surface area (TPSA) is 91.9 Å². The predicted octanol–water partition coefficient (Wildman–Crippen LogP) is 3.01. The second-order valence-electron chi connectivity index (χ2n) is 6.49. The van der Waals surface area contributed by atoms with Gasteiger partial charge in [0.25, 0.3) is 0 Å². The molecule has 3 aromatic rings. The van der Waals surface area contributed by atoms with Gasteiger partial charge in [0.1, 0.15) is 0 Å². The van der Waals surface area contributed by atoms with Gasteiger partial charge in [0, 0.05) is 11.4 Å². The number of hydrogen-bond donors (Lipinski definition) is 2. The van der Waals surface area contributed by atoms with E-state index in [0.29, 0.717) is 16.9 Å². The van der Waals surface area contributed by atoms with Crippen LogP contribution >= 0.6 is 0 Å². The second kappa shape index (κ2) is 8.18. The summed E-state index contributed by atoms with van der Waals surface area (Å²) in [6.45, 7) is 1.87. The lowest BCUT2D eigenvalue weighted by Crippen LogP contribution is -2.15. The lowest BCUT2D eigenvalue weighted by atomic mass is 10.2. The molecular weight excluding hydrogens is 362 g/mol. The summed E-state index contributed by atoms with van der Waals surface area (Å²) in [5.74, 6) is -0.293. The highest BCUT2D eigenvalue weighted by Crippen LogP contribution is 2.16. The van der Waals surface area contributed by atoms with Crippen LogP contribution in [0, 0.1) is 6.92 Å². The van der Waals surface area contributed by atoms with Crippen molar-refractivity contribution in [2.75, 3.05) is 5.32 Å². The number of aryl methyl sites for hydroxylation is 1. The standard InChI is InChI=1S/C20H21N3O3S/c1-15-10-19(23-22-15)12-20(24)21-18-9-5-8-17(11-18)14-27(25,26)13-16-6-3-2-4-7-16/h2-11H,12-14H2,1H3,(H,21,24)(H,22,23). The van der Waals surface area contributed by atoms with Crippen molar-refractivity contribution in [1.82, 2.24) is 10.2 Å². The van der Waals surface area contributed by atoms with E-state index in [0.717, 1.165) is 11.3 Å². The molecule has 6 nitrogen and oxygen atoms in total. The van der Waals surface area contributed by atoms with Gasteiger partial charge in [-0.15, -0.1) is 0 Å². The SMILES string of the molecule is Cc1cc(CC(=O)Nc2cccc(CS(=O)(=O)Cc3ccccc3)c2)n[nH]1. The van der Waals surface area contributed by atoms with Gasteiger partial charge >= 0.3 is 0 Å². The van der Waals surface area contributed by atoms with Gasteiger partial charge in [-0.25, -0.2) is 8.42 Å². The quantitative estimate of drug-likeness (QED) is 0.656. The van der Waals surface area contributed by atoms with Crippen LogP contribution in [0.2, 0.25) is 0 Å². The molecule has 2 aromatic carbocycles. The number of hydrogen-bond acceptors (Lipinski definition) is 4. The zero-order valence-corrected chi connectivity index (χ0v) is 15.8. The highest BCUT2D eigenvalue weighted by Gasteiger charge is 2.14. The summed E-state index contributed by atoms with van der Waals surface area (Å²) in [5.41, 5.74) is 3.52. The van der Waals surface area contributed by atoms with Crippen molar-refractivity contribution in [3.05, 3.63) is 83.2 Å². The van der Waals surface area contributed by atoms with Crippen LogP contribution in [0.4, 0.5) is 5.69 Å². The smallest absolute Gasteiger partial charge is 0.230 e. The maximum atomic E-state index is 12.4. The van der Waals surface area contributed by atoms with Crippen LogP contribution in [0.25, 0.3) is 0 Å². The molecule has 0 saturated carbocycles. The number of rotatable bonds is 7. The fourth-order valence-electron chi connectivity index (χ4n) is 2.81. The first-order valence-electron chi connectivity index (χ1n) is 8.54. The molecule has 3 rings (SSSR count). The van der Waals surface area contributed by atoms with Gasteiger partial charge in [-0.05, 0) is 36.2 Å². The highest BCUT2D eigenvalue weighted by molar-refractivity contribution is 7.89. The zero-order valence-electron chi connectivity index (χ0n) is 15.0. The summed E-state index contributed by atoms with van der Waals surface area (Å²) in [5, 5.41) is 9.62. The molecule has 0 fully saturated rings. The van der Waals surface area contributed by atoms with E-state index < -0.39 is 9.84 Å². The molecule has 0 bridgehead atoms. The summed E-state index contributed by atoms with van der Waals surface area (Å²) < 4.78 is 24.9. The average molecular weight is 383 g/mol. The summed E-state index contributed by atoms with van der Waals surface area (Å²) in [6.07, 6.45) is 0.154. The van der Waals surface area contributed by atoms with Crippen LogP contribution in [0.15, 0.2) is 60.7 Å². The number of H-pyrrole nitrogens is 1. The van der Waals surface area contributed by atoms with E-state index in [9.17, 15) is 13.2 Å². The number of benzene rings is 2. The summed E-state index contributed by atoms with van der Waals surface area (Å²) in [6, 6.07) is 17.8. The lowest BCUT2D eigenvalue weighted by molar-refractivity contribution is -0.115. The number of aromatic nitrogens is 2. The predicted molar refractivity (Wildman–Crippen MR) is 105 cm³/mol. The lowest BCUT2D eigenvalue weighted by Gasteiger charge is -2.08. The van der Waals surface area contributed by atoms with E-state index in [1.807, 2.05) is 31.2 Å². The van der Waals surface area contributed by atoms with E-state index in [1.165, 1.54) is 0 Å². The van der Waals surface area contributed by atoms with Crippen molar-refractivity contribution < 1.29 is 13.2 Å². The molecule has 27 heavy (non-hydrogen) atoms.